The molecule has 0 fully saturated rings. The van der Waals surface area contributed by atoms with Gasteiger partial charge in [0.25, 0.3) is 5.91 Å². The summed E-state index contributed by atoms with van der Waals surface area (Å²) in [6.45, 7) is 1.44. The van der Waals surface area contributed by atoms with Crippen LogP contribution < -0.4 is 0 Å². The van der Waals surface area contributed by atoms with Crippen LogP contribution in [-0.4, -0.2) is 22.6 Å². The maximum atomic E-state index is 11.0. The molecule has 1 rings (SSSR count). The van der Waals surface area contributed by atoms with Gasteiger partial charge in [-0.2, -0.15) is 0 Å². The van der Waals surface area contributed by atoms with Crippen molar-refractivity contribution < 1.29 is 9.63 Å². The van der Waals surface area contributed by atoms with Gasteiger partial charge in [0.1, 0.15) is 0 Å². The van der Waals surface area contributed by atoms with E-state index in [1.54, 1.807) is 10.6 Å². The van der Waals surface area contributed by atoms with Gasteiger partial charge in [0.15, 0.2) is 0 Å². The van der Waals surface area contributed by atoms with Gasteiger partial charge >= 0.3 is 0 Å². The van der Waals surface area contributed by atoms with E-state index in [-0.39, 0.29) is 5.91 Å². The van der Waals surface area contributed by atoms with Gasteiger partial charge < -0.3 is 0 Å². The SMILES string of the molecule is CON(C(C)=O)N1C=CC=CS1. The zero-order valence-corrected chi connectivity index (χ0v) is 7.75. The number of nitrogens with zero attached hydrogens (tertiary/aromatic N) is 2. The van der Waals surface area contributed by atoms with Crippen LogP contribution in [0.25, 0.3) is 0 Å². The van der Waals surface area contributed by atoms with Crippen LogP contribution in [0.4, 0.5) is 0 Å². The van der Waals surface area contributed by atoms with Crippen LogP contribution in [0.3, 0.4) is 0 Å². The van der Waals surface area contributed by atoms with E-state index in [1.807, 2.05) is 17.6 Å². The van der Waals surface area contributed by atoms with Crippen molar-refractivity contribution in [2.24, 2.45) is 0 Å². The number of allylic oxidation sites excluding steroid dienone is 2. The minimum absolute atomic E-state index is 0.162. The number of amides is 1. The Morgan fingerprint density at radius 1 is 1.58 bits per heavy atom. The standard InChI is InChI=1S/C7H10N2O2S/c1-7(10)9(11-2)8-5-3-4-6-12-8/h3-6H,1-2H3. The molecule has 0 aromatic carbocycles. The smallest absolute Gasteiger partial charge is 0.264 e. The molecule has 0 N–H and O–H groups in total. The number of carbonyl (C=O) groups is 1. The first-order valence-electron chi connectivity index (χ1n) is 3.40. The topological polar surface area (TPSA) is 32.8 Å². The molecule has 12 heavy (non-hydrogen) atoms. The van der Waals surface area contributed by atoms with Gasteiger partial charge in [-0.3, -0.25) is 9.63 Å². The lowest BCUT2D eigenvalue weighted by Crippen LogP contribution is -2.37. The van der Waals surface area contributed by atoms with E-state index >= 15 is 0 Å². The van der Waals surface area contributed by atoms with E-state index in [9.17, 15) is 4.79 Å². The normalized spacial score (nSPS) is 15.0. The van der Waals surface area contributed by atoms with Crippen molar-refractivity contribution in [3.05, 3.63) is 23.8 Å². The average molecular weight is 186 g/mol. The molecule has 0 unspecified atom stereocenters. The highest BCUT2D eigenvalue weighted by Gasteiger charge is 2.15. The van der Waals surface area contributed by atoms with Crippen LogP contribution in [0.2, 0.25) is 0 Å². The monoisotopic (exact) mass is 186 g/mol. The van der Waals surface area contributed by atoms with Crippen molar-refractivity contribution in [2.45, 2.75) is 6.92 Å². The number of rotatable bonds is 2. The van der Waals surface area contributed by atoms with Gasteiger partial charge in [0.2, 0.25) is 0 Å². The Labute approximate surface area is 75.5 Å². The Morgan fingerprint density at radius 2 is 2.33 bits per heavy atom. The molecule has 1 amide bonds. The van der Waals surface area contributed by atoms with E-state index in [1.165, 1.54) is 31.2 Å². The van der Waals surface area contributed by atoms with Crippen LogP contribution in [0.1, 0.15) is 6.92 Å². The average Bonchev–Trinajstić information content (AvgIpc) is 2.07. The molecule has 5 heteroatoms. The van der Waals surface area contributed by atoms with E-state index in [4.69, 9.17) is 4.84 Å². The molecule has 0 radical (unpaired) electrons. The second-order valence-electron chi connectivity index (χ2n) is 2.05. The maximum absolute atomic E-state index is 11.0. The maximum Gasteiger partial charge on any atom is 0.264 e. The second-order valence-corrected chi connectivity index (χ2v) is 2.91. The highest BCUT2D eigenvalue weighted by molar-refractivity contribution is 7.99. The van der Waals surface area contributed by atoms with E-state index < -0.39 is 0 Å². The van der Waals surface area contributed by atoms with E-state index in [0.29, 0.717) is 0 Å². The fourth-order valence-corrected chi connectivity index (χ4v) is 1.45. The third-order valence-electron chi connectivity index (χ3n) is 1.19. The number of hydrogen-bond donors (Lipinski definition) is 0. The van der Waals surface area contributed by atoms with Crippen LogP contribution >= 0.6 is 11.9 Å². The zero-order valence-electron chi connectivity index (χ0n) is 6.93. The molecule has 0 bridgehead atoms. The molecular formula is C7H10N2O2S. The van der Waals surface area contributed by atoms with Gasteiger partial charge in [-0.15, -0.1) is 5.17 Å². The van der Waals surface area contributed by atoms with Gasteiger partial charge in [-0.25, -0.2) is 4.41 Å². The summed E-state index contributed by atoms with van der Waals surface area (Å²) in [6.07, 6.45) is 5.45. The number of carbonyl (C=O) groups excluding carboxylic acids is 1. The molecular weight excluding hydrogens is 176 g/mol. The van der Waals surface area contributed by atoms with Crippen molar-refractivity contribution in [1.29, 1.82) is 0 Å². The van der Waals surface area contributed by atoms with Gasteiger partial charge in [-0.05, 0) is 11.5 Å². The lowest BCUT2D eigenvalue weighted by molar-refractivity contribution is -0.212. The molecule has 1 aliphatic heterocycles. The predicted octanol–water partition coefficient (Wildman–Crippen LogP) is 1.30. The van der Waals surface area contributed by atoms with Crippen molar-refractivity contribution in [3.8, 4) is 0 Å². The van der Waals surface area contributed by atoms with Crippen molar-refractivity contribution in [2.75, 3.05) is 7.11 Å². The molecule has 1 aliphatic rings. The fourth-order valence-electron chi connectivity index (χ4n) is 0.752. The molecule has 0 atom stereocenters. The largest absolute Gasteiger partial charge is 0.271 e. The Balaban J connectivity index is 2.60. The Morgan fingerprint density at radius 3 is 2.75 bits per heavy atom. The summed E-state index contributed by atoms with van der Waals surface area (Å²) in [7, 11) is 1.45. The molecule has 0 saturated carbocycles. The number of hydroxylamine groups is 1. The quantitative estimate of drug-likeness (QED) is 0.480. The van der Waals surface area contributed by atoms with Crippen LogP contribution in [0.5, 0.6) is 0 Å². The summed E-state index contributed by atoms with van der Waals surface area (Å²) >= 11 is 1.37. The van der Waals surface area contributed by atoms with Gasteiger partial charge in [-0.1, -0.05) is 6.08 Å². The Bertz CT molecular complexity index is 227. The minimum atomic E-state index is -0.162. The van der Waals surface area contributed by atoms with Crippen LogP contribution in [0.15, 0.2) is 23.8 Å². The molecule has 66 valence electrons. The van der Waals surface area contributed by atoms with Gasteiger partial charge in [0.05, 0.1) is 7.11 Å². The molecule has 0 saturated heterocycles. The van der Waals surface area contributed by atoms with Crippen molar-refractivity contribution in [1.82, 2.24) is 9.59 Å². The fraction of sp³-hybridized carbons (Fsp3) is 0.286. The summed E-state index contributed by atoms with van der Waals surface area (Å²) in [4.78, 5) is 15.8. The first-order valence-corrected chi connectivity index (χ1v) is 4.23. The van der Waals surface area contributed by atoms with Crippen LogP contribution in [-0.2, 0) is 9.63 Å². The summed E-state index contributed by atoms with van der Waals surface area (Å²) in [5.41, 5.74) is 0. The van der Waals surface area contributed by atoms with Gasteiger partial charge in [0, 0.05) is 25.1 Å². The summed E-state index contributed by atoms with van der Waals surface area (Å²) < 4.78 is 1.60. The summed E-state index contributed by atoms with van der Waals surface area (Å²) in [5.74, 6) is -0.162. The van der Waals surface area contributed by atoms with Crippen LogP contribution in [0, 0.1) is 0 Å². The third-order valence-corrected chi connectivity index (χ3v) is 1.96. The molecule has 0 aliphatic carbocycles. The highest BCUT2D eigenvalue weighted by atomic mass is 32.2. The lowest BCUT2D eigenvalue weighted by Gasteiger charge is -2.28. The molecule has 0 aromatic heterocycles. The second kappa shape index (κ2) is 4.18. The number of hydrazine groups is 1. The van der Waals surface area contributed by atoms with E-state index in [0.717, 1.165) is 0 Å². The lowest BCUT2D eigenvalue weighted by atomic mass is 10.6. The highest BCUT2D eigenvalue weighted by Crippen LogP contribution is 2.19. The molecule has 0 aromatic rings. The summed E-state index contributed by atoms with van der Waals surface area (Å²) in [6, 6.07) is 0. The third kappa shape index (κ3) is 2.02. The Hall–Kier alpha value is -0.940. The molecule has 0 spiro atoms. The van der Waals surface area contributed by atoms with E-state index in [2.05, 4.69) is 0 Å². The first-order chi connectivity index (χ1) is 5.75. The molecule has 4 nitrogen and oxygen atoms in total. The van der Waals surface area contributed by atoms with Crippen molar-refractivity contribution in [3.63, 3.8) is 0 Å². The minimum Gasteiger partial charge on any atom is -0.271 e. The zero-order chi connectivity index (χ0) is 8.97. The predicted molar refractivity (Wildman–Crippen MR) is 47.2 cm³/mol. The summed E-state index contributed by atoms with van der Waals surface area (Å²) in [5, 5.41) is 3.03. The number of hydrogen-bond acceptors (Lipinski definition) is 4. The van der Waals surface area contributed by atoms with Crippen molar-refractivity contribution >= 4 is 17.9 Å². The molecule has 1 heterocycles. The first kappa shape index (κ1) is 9.15. The Kier molecular flexibility index (Phi) is 3.19.